The largest absolute Gasteiger partial charge is 0.415 e. The number of carbonyl (C=O) groups is 1. The van der Waals surface area contributed by atoms with E-state index in [1.165, 1.54) is 5.56 Å². The Kier molecular flexibility index (Phi) is 3.73. The highest BCUT2D eigenvalue weighted by Gasteiger charge is 2.26. The van der Waals surface area contributed by atoms with E-state index < -0.39 is 0 Å². The highest BCUT2D eigenvalue weighted by molar-refractivity contribution is 5.74. The molecule has 0 bridgehead atoms. The zero-order chi connectivity index (χ0) is 14.7. The molecule has 0 atom stereocenters. The Morgan fingerprint density at radius 1 is 1.10 bits per heavy atom. The molecule has 0 spiro atoms. The van der Waals surface area contributed by atoms with E-state index in [-0.39, 0.29) is 6.09 Å². The summed E-state index contributed by atoms with van der Waals surface area (Å²) >= 11 is 0. The van der Waals surface area contributed by atoms with Gasteiger partial charge in [0, 0.05) is 6.54 Å². The summed E-state index contributed by atoms with van der Waals surface area (Å²) in [5, 5.41) is 0. The quantitative estimate of drug-likeness (QED) is 0.850. The number of hydrogen-bond acceptors (Lipinski definition) is 2. The third-order valence-electron chi connectivity index (χ3n) is 3.44. The highest BCUT2D eigenvalue weighted by atomic mass is 16.6. The van der Waals surface area contributed by atoms with Crippen LogP contribution in [0.15, 0.2) is 60.4 Å². The molecule has 1 saturated heterocycles. The van der Waals surface area contributed by atoms with Crippen molar-refractivity contribution in [3.63, 3.8) is 0 Å². The van der Waals surface area contributed by atoms with Crippen molar-refractivity contribution in [3.05, 3.63) is 77.0 Å². The molecule has 3 nitrogen and oxygen atoms in total. The molecule has 0 radical (unpaired) electrons. The van der Waals surface area contributed by atoms with Gasteiger partial charge in [-0.15, -0.1) is 0 Å². The van der Waals surface area contributed by atoms with Gasteiger partial charge in [-0.05, 0) is 24.1 Å². The molecule has 1 amide bonds. The van der Waals surface area contributed by atoms with Gasteiger partial charge in [0.15, 0.2) is 0 Å². The molecular weight excluding hydrogens is 262 g/mol. The van der Waals surface area contributed by atoms with Crippen LogP contribution in [0, 0.1) is 6.92 Å². The minimum atomic E-state index is -0.280. The topological polar surface area (TPSA) is 29.5 Å². The summed E-state index contributed by atoms with van der Waals surface area (Å²) in [6, 6.07) is 18.1. The first kappa shape index (κ1) is 13.4. The van der Waals surface area contributed by atoms with E-state index >= 15 is 0 Å². The summed E-state index contributed by atoms with van der Waals surface area (Å²) < 4.78 is 5.33. The number of rotatable bonds is 3. The molecule has 1 heterocycles. The monoisotopic (exact) mass is 279 g/mol. The van der Waals surface area contributed by atoms with Crippen molar-refractivity contribution >= 4 is 12.2 Å². The van der Waals surface area contributed by atoms with Crippen LogP contribution in [-0.4, -0.2) is 17.5 Å². The van der Waals surface area contributed by atoms with Gasteiger partial charge >= 0.3 is 6.09 Å². The number of ether oxygens (including phenoxy) is 1. The first-order chi connectivity index (χ1) is 10.2. The van der Waals surface area contributed by atoms with Crippen molar-refractivity contribution in [2.45, 2.75) is 13.5 Å². The number of carbonyl (C=O) groups excluding carboxylic acids is 1. The third-order valence-corrected chi connectivity index (χ3v) is 3.44. The van der Waals surface area contributed by atoms with Crippen LogP contribution in [0.5, 0.6) is 0 Å². The molecule has 106 valence electrons. The van der Waals surface area contributed by atoms with Crippen molar-refractivity contribution in [1.29, 1.82) is 0 Å². The Bertz CT molecular complexity index is 659. The average molecular weight is 279 g/mol. The molecule has 1 fully saturated rings. The summed E-state index contributed by atoms with van der Waals surface area (Å²) in [5.41, 5.74) is 3.36. The lowest BCUT2D eigenvalue weighted by molar-refractivity contribution is 0.167. The zero-order valence-corrected chi connectivity index (χ0v) is 12.0. The second-order valence-corrected chi connectivity index (χ2v) is 5.23. The SMILES string of the molecule is Cc1ccc(/C=C2\CN(Cc3ccccc3)C(=O)O2)cc1. The molecule has 0 unspecified atom stereocenters. The van der Waals surface area contributed by atoms with Gasteiger partial charge in [0.25, 0.3) is 0 Å². The summed E-state index contributed by atoms with van der Waals surface area (Å²) in [6.45, 7) is 3.14. The Morgan fingerprint density at radius 2 is 1.81 bits per heavy atom. The van der Waals surface area contributed by atoms with Crippen LogP contribution in [0.1, 0.15) is 16.7 Å². The van der Waals surface area contributed by atoms with Crippen molar-refractivity contribution in [2.75, 3.05) is 6.54 Å². The minimum Gasteiger partial charge on any atom is -0.413 e. The Morgan fingerprint density at radius 3 is 2.52 bits per heavy atom. The summed E-state index contributed by atoms with van der Waals surface area (Å²) in [7, 11) is 0. The van der Waals surface area contributed by atoms with E-state index in [1.54, 1.807) is 4.90 Å². The van der Waals surface area contributed by atoms with Crippen LogP contribution in [0.4, 0.5) is 4.79 Å². The molecule has 0 aromatic heterocycles. The van der Waals surface area contributed by atoms with Crippen molar-refractivity contribution in [3.8, 4) is 0 Å². The minimum absolute atomic E-state index is 0.280. The first-order valence-electron chi connectivity index (χ1n) is 6.98. The molecule has 0 N–H and O–H groups in total. The molecule has 1 aliphatic rings. The van der Waals surface area contributed by atoms with E-state index in [1.807, 2.05) is 67.6 Å². The fourth-order valence-corrected chi connectivity index (χ4v) is 2.31. The molecule has 21 heavy (non-hydrogen) atoms. The predicted molar refractivity (Wildman–Crippen MR) is 82.5 cm³/mol. The van der Waals surface area contributed by atoms with Crippen LogP contribution >= 0.6 is 0 Å². The van der Waals surface area contributed by atoms with E-state index in [2.05, 4.69) is 0 Å². The lowest BCUT2D eigenvalue weighted by Gasteiger charge is -2.11. The Labute approximate surface area is 124 Å². The molecule has 3 heteroatoms. The lowest BCUT2D eigenvalue weighted by atomic mass is 10.1. The Hall–Kier alpha value is -2.55. The van der Waals surface area contributed by atoms with E-state index in [0.717, 1.165) is 11.1 Å². The van der Waals surface area contributed by atoms with Gasteiger partial charge in [0.05, 0.1) is 6.54 Å². The normalized spacial score (nSPS) is 16.3. The molecule has 0 aliphatic carbocycles. The van der Waals surface area contributed by atoms with Gasteiger partial charge in [0.2, 0.25) is 0 Å². The molecule has 0 saturated carbocycles. The molecule has 3 rings (SSSR count). The maximum absolute atomic E-state index is 11.9. The van der Waals surface area contributed by atoms with E-state index in [4.69, 9.17) is 4.74 Å². The Balaban J connectivity index is 1.71. The lowest BCUT2D eigenvalue weighted by Crippen LogP contribution is -2.23. The molecular formula is C18H17NO2. The summed E-state index contributed by atoms with van der Waals surface area (Å²) in [4.78, 5) is 13.6. The van der Waals surface area contributed by atoms with Gasteiger partial charge < -0.3 is 4.74 Å². The fourth-order valence-electron chi connectivity index (χ4n) is 2.31. The maximum Gasteiger partial charge on any atom is 0.415 e. The molecule has 2 aromatic carbocycles. The van der Waals surface area contributed by atoms with Crippen LogP contribution in [0.2, 0.25) is 0 Å². The number of cyclic esters (lactones) is 1. The van der Waals surface area contributed by atoms with Crippen LogP contribution in [-0.2, 0) is 11.3 Å². The molecule has 1 aliphatic heterocycles. The van der Waals surface area contributed by atoms with Gasteiger partial charge in [0.1, 0.15) is 5.76 Å². The van der Waals surface area contributed by atoms with Crippen molar-refractivity contribution in [1.82, 2.24) is 4.90 Å². The zero-order valence-electron chi connectivity index (χ0n) is 12.0. The first-order valence-corrected chi connectivity index (χ1v) is 6.98. The second kappa shape index (κ2) is 5.83. The number of amides is 1. The maximum atomic E-state index is 11.9. The number of aryl methyl sites for hydroxylation is 1. The number of benzene rings is 2. The number of hydrogen-bond donors (Lipinski definition) is 0. The average Bonchev–Trinajstić information content (AvgIpc) is 2.82. The van der Waals surface area contributed by atoms with Crippen LogP contribution in [0.25, 0.3) is 6.08 Å². The second-order valence-electron chi connectivity index (χ2n) is 5.23. The van der Waals surface area contributed by atoms with Crippen LogP contribution in [0.3, 0.4) is 0 Å². The predicted octanol–water partition coefficient (Wildman–Crippen LogP) is 3.99. The fraction of sp³-hybridized carbons (Fsp3) is 0.167. The number of nitrogens with zero attached hydrogens (tertiary/aromatic N) is 1. The smallest absolute Gasteiger partial charge is 0.413 e. The van der Waals surface area contributed by atoms with Gasteiger partial charge in [-0.2, -0.15) is 0 Å². The van der Waals surface area contributed by atoms with Gasteiger partial charge in [-0.3, -0.25) is 4.90 Å². The highest BCUT2D eigenvalue weighted by Crippen LogP contribution is 2.20. The summed E-state index contributed by atoms with van der Waals surface area (Å²) in [6.07, 6.45) is 1.64. The van der Waals surface area contributed by atoms with Crippen molar-refractivity contribution < 1.29 is 9.53 Å². The van der Waals surface area contributed by atoms with Crippen LogP contribution < -0.4 is 0 Å². The summed E-state index contributed by atoms with van der Waals surface area (Å²) in [5.74, 6) is 0.694. The van der Waals surface area contributed by atoms with E-state index in [0.29, 0.717) is 18.8 Å². The van der Waals surface area contributed by atoms with Crippen molar-refractivity contribution in [2.24, 2.45) is 0 Å². The van der Waals surface area contributed by atoms with Gasteiger partial charge in [-0.25, -0.2) is 4.79 Å². The standard InChI is InChI=1S/C18H17NO2/c1-14-7-9-15(10-8-14)11-17-13-19(18(20)21-17)12-16-5-3-2-4-6-16/h2-11H,12-13H2,1H3/b17-11+. The third kappa shape index (κ3) is 3.31. The van der Waals surface area contributed by atoms with Gasteiger partial charge in [-0.1, -0.05) is 60.2 Å². The molecule has 2 aromatic rings. The van der Waals surface area contributed by atoms with E-state index in [9.17, 15) is 4.79 Å².